The summed E-state index contributed by atoms with van der Waals surface area (Å²) in [6, 6.07) is 49.2. The predicted octanol–water partition coefficient (Wildman–Crippen LogP) is 4.50. The van der Waals surface area contributed by atoms with E-state index >= 15 is 0 Å². The first-order valence-electron chi connectivity index (χ1n) is 13.9. The lowest BCUT2D eigenvalue weighted by molar-refractivity contribution is -0.00000790. The lowest BCUT2D eigenvalue weighted by atomic mass is 10.1. The highest BCUT2D eigenvalue weighted by Crippen LogP contribution is 2.58. The molecule has 0 atom stereocenters. The van der Waals surface area contributed by atoms with Crippen LogP contribution in [-0.2, 0) is 0 Å². The van der Waals surface area contributed by atoms with E-state index in [1.54, 1.807) is 5.19 Å². The molecule has 1 fully saturated rings. The third kappa shape index (κ3) is 6.32. The minimum atomic E-state index is -1.80. The number of benzene rings is 4. The van der Waals surface area contributed by atoms with Crippen LogP contribution in [0.25, 0.3) is 0 Å². The van der Waals surface area contributed by atoms with Crippen LogP contribution in [0.3, 0.4) is 0 Å². The van der Waals surface area contributed by atoms with Crippen LogP contribution < -0.4 is 45.1 Å². The molecule has 0 spiro atoms. The Hall–Kier alpha value is -1.81. The van der Waals surface area contributed by atoms with E-state index in [-0.39, 0.29) is 30.7 Å². The van der Waals surface area contributed by atoms with Gasteiger partial charge in [0.15, 0.2) is 0 Å². The second kappa shape index (κ2) is 14.0. The highest BCUT2D eigenvalue weighted by atomic mass is 127. The predicted molar refractivity (Wildman–Crippen MR) is 164 cm³/mol. The van der Waals surface area contributed by atoms with E-state index in [4.69, 9.17) is 0 Å². The molecule has 1 aliphatic rings. The highest BCUT2D eigenvalue weighted by Gasteiger charge is 2.49. The van der Waals surface area contributed by atoms with E-state index in [0.29, 0.717) is 5.92 Å². The van der Waals surface area contributed by atoms with Gasteiger partial charge < -0.3 is 24.0 Å². The van der Waals surface area contributed by atoms with Gasteiger partial charge in [-0.05, 0) is 61.6 Å². The van der Waals surface area contributed by atoms with Crippen LogP contribution in [-0.4, -0.2) is 20.9 Å². The summed E-state index contributed by atoms with van der Waals surface area (Å²) in [5.74, 6) is 0.708. The summed E-state index contributed by atoms with van der Waals surface area (Å²) in [5.41, 5.74) is 0. The van der Waals surface area contributed by atoms with Crippen LogP contribution in [0.4, 0.5) is 4.39 Å². The van der Waals surface area contributed by atoms with Crippen molar-refractivity contribution in [3.63, 3.8) is 0 Å². The van der Waals surface area contributed by atoms with Crippen molar-refractivity contribution in [3.8, 4) is 0 Å². The quantitative estimate of drug-likeness (QED) is 0.103. The Morgan fingerprint density at radius 2 is 1.03 bits per heavy atom. The number of rotatable bonds is 10. The van der Waals surface area contributed by atoms with Gasteiger partial charge in [-0.1, -0.05) is 115 Å². The maximum atomic E-state index is 13.0. The van der Waals surface area contributed by atoms with E-state index in [1.807, 2.05) is 0 Å². The van der Waals surface area contributed by atoms with Crippen molar-refractivity contribution in [2.75, 3.05) is 12.8 Å². The van der Waals surface area contributed by atoms with E-state index in [1.165, 1.54) is 53.0 Å². The lowest BCUT2D eigenvalue weighted by Crippen LogP contribution is -3.00. The van der Waals surface area contributed by atoms with Crippen LogP contribution in [0, 0.1) is 5.92 Å². The molecule has 4 aromatic rings. The standard InChI is InChI=1S/C34H39FPSi.HI/c35-25-13-14-26-37(34-21-11-4-12-22-34)27-23-30(24-28-37)29-36(31-15-5-1-6-16-31,32-17-7-2-8-18-32)33-19-9-3-10-20-33;/h1-12,15-22,30H,13-14,23-29H2;1H/q+1;/p-1. The summed E-state index contributed by atoms with van der Waals surface area (Å²) >= 11 is 0. The number of hydrogen-bond donors (Lipinski definition) is 0. The molecule has 4 heteroatoms. The Balaban J connectivity index is 0.00000336. The molecule has 0 unspecified atom stereocenters. The van der Waals surface area contributed by atoms with Gasteiger partial charge in [0.05, 0.1) is 20.9 Å². The Bertz CT molecular complexity index is 1120. The summed E-state index contributed by atoms with van der Waals surface area (Å²) in [6.07, 6.45) is 5.58. The van der Waals surface area contributed by atoms with Gasteiger partial charge in [0.1, 0.15) is 23.2 Å². The summed E-state index contributed by atoms with van der Waals surface area (Å²) in [7, 11) is -3.40. The first kappa shape index (κ1) is 29.2. The summed E-state index contributed by atoms with van der Waals surface area (Å²) < 4.78 is 13.0. The summed E-state index contributed by atoms with van der Waals surface area (Å²) in [6.45, 7) is -0.180. The molecule has 1 heterocycles. The fraction of sp³-hybridized carbons (Fsp3) is 0.294. The van der Waals surface area contributed by atoms with Gasteiger partial charge >= 0.3 is 0 Å². The number of unbranched alkanes of at least 4 members (excludes halogenated alkanes) is 1. The normalized spacial score (nSPS) is 19.4. The molecule has 0 aliphatic carbocycles. The molecule has 1 saturated heterocycles. The Morgan fingerprint density at radius 1 is 0.605 bits per heavy atom. The molecule has 38 heavy (non-hydrogen) atoms. The van der Waals surface area contributed by atoms with E-state index in [9.17, 15) is 4.39 Å². The zero-order chi connectivity index (χ0) is 25.4. The third-order valence-corrected chi connectivity index (χ3v) is 18.6. The smallest absolute Gasteiger partial charge is 0.112 e. The minimum absolute atomic E-state index is 0. The number of hydrogen-bond acceptors (Lipinski definition) is 0. The summed E-state index contributed by atoms with van der Waals surface area (Å²) in [4.78, 5) is 0. The van der Waals surface area contributed by atoms with Crippen molar-refractivity contribution in [2.45, 2.75) is 43.8 Å². The SMILES string of the molecule is FCCCC[Si]1(c2ccccc2)CCC(C[P+](c2ccccc2)(c2ccccc2)c2ccccc2)CC1.[I-]. The molecular weight excluding hydrogens is 613 g/mol. The van der Waals surface area contributed by atoms with Crippen LogP contribution in [0.15, 0.2) is 121 Å². The molecule has 0 radical (unpaired) electrons. The molecule has 0 saturated carbocycles. The number of alkyl halides is 1. The first-order valence-corrected chi connectivity index (χ1v) is 18.5. The second-order valence-electron chi connectivity index (χ2n) is 10.7. The van der Waals surface area contributed by atoms with Crippen molar-refractivity contribution in [1.29, 1.82) is 0 Å². The zero-order valence-corrected chi connectivity index (χ0v) is 26.2. The maximum Gasteiger partial charge on any atom is 0.112 e. The molecule has 0 aromatic heterocycles. The van der Waals surface area contributed by atoms with Gasteiger partial charge in [-0.3, -0.25) is 4.39 Å². The monoisotopic (exact) mass is 652 g/mol. The van der Waals surface area contributed by atoms with Crippen LogP contribution in [0.1, 0.15) is 25.7 Å². The Morgan fingerprint density at radius 3 is 1.45 bits per heavy atom. The Labute approximate surface area is 247 Å². The fourth-order valence-electron chi connectivity index (χ4n) is 6.64. The molecule has 4 aromatic carbocycles. The highest BCUT2D eigenvalue weighted by molar-refractivity contribution is 7.95. The van der Waals surface area contributed by atoms with Gasteiger partial charge in [-0.15, -0.1) is 0 Å². The van der Waals surface area contributed by atoms with Crippen LogP contribution in [0.2, 0.25) is 18.1 Å². The lowest BCUT2D eigenvalue weighted by Gasteiger charge is -2.41. The van der Waals surface area contributed by atoms with E-state index < -0.39 is 15.3 Å². The van der Waals surface area contributed by atoms with Gasteiger partial charge in [-0.2, -0.15) is 0 Å². The maximum absolute atomic E-state index is 13.0. The fourth-order valence-corrected chi connectivity index (χ4v) is 16.7. The second-order valence-corrected chi connectivity index (χ2v) is 18.9. The molecule has 5 rings (SSSR count). The molecule has 0 bridgehead atoms. The average Bonchev–Trinajstić information content (AvgIpc) is 2.99. The van der Waals surface area contributed by atoms with Crippen molar-refractivity contribution >= 4 is 36.4 Å². The molecule has 0 amide bonds. The van der Waals surface area contributed by atoms with E-state index in [0.717, 1.165) is 12.8 Å². The van der Waals surface area contributed by atoms with Crippen LogP contribution in [0.5, 0.6) is 0 Å². The third-order valence-electron chi connectivity index (χ3n) is 8.61. The first-order chi connectivity index (χ1) is 18.3. The summed E-state index contributed by atoms with van der Waals surface area (Å²) in [5, 5.41) is 6.08. The molecule has 198 valence electrons. The van der Waals surface area contributed by atoms with Gasteiger partial charge in [0.2, 0.25) is 0 Å². The minimum Gasteiger partial charge on any atom is -1.00 e. The van der Waals surface area contributed by atoms with Crippen molar-refractivity contribution in [1.82, 2.24) is 0 Å². The van der Waals surface area contributed by atoms with E-state index in [2.05, 4.69) is 121 Å². The molecule has 0 N–H and O–H groups in total. The van der Waals surface area contributed by atoms with Crippen molar-refractivity contribution in [2.24, 2.45) is 5.92 Å². The topological polar surface area (TPSA) is 0 Å². The average molecular weight is 653 g/mol. The van der Waals surface area contributed by atoms with Gasteiger partial charge in [0, 0.05) is 0 Å². The van der Waals surface area contributed by atoms with Gasteiger partial charge in [0.25, 0.3) is 0 Å². The molecule has 0 nitrogen and oxygen atoms in total. The van der Waals surface area contributed by atoms with Crippen LogP contribution >= 0.6 is 7.26 Å². The van der Waals surface area contributed by atoms with Gasteiger partial charge in [-0.25, -0.2) is 0 Å². The Kier molecular flexibility index (Phi) is 10.8. The van der Waals surface area contributed by atoms with Crippen molar-refractivity contribution in [3.05, 3.63) is 121 Å². The number of halogens is 2. The molecular formula is C34H39FIPSi. The van der Waals surface area contributed by atoms with Crippen molar-refractivity contribution < 1.29 is 28.4 Å². The largest absolute Gasteiger partial charge is 1.00 e. The molecule has 1 aliphatic heterocycles. The zero-order valence-electron chi connectivity index (χ0n) is 22.2.